The van der Waals surface area contributed by atoms with Crippen molar-refractivity contribution in [3.05, 3.63) is 0 Å². The van der Waals surface area contributed by atoms with Crippen molar-refractivity contribution in [2.75, 3.05) is 24.6 Å². The van der Waals surface area contributed by atoms with Gasteiger partial charge >= 0.3 is 195 Å². The van der Waals surface area contributed by atoms with Crippen LogP contribution in [0.1, 0.15) is 175 Å². The molecule has 202 valence electrons. The van der Waals surface area contributed by atoms with E-state index < -0.39 is 5.31 Å². The second kappa shape index (κ2) is 23.3. The van der Waals surface area contributed by atoms with E-state index in [1.807, 2.05) is 0 Å². The molecule has 0 nitrogen and oxygen atoms in total. The monoisotopic (exact) mass is 548 g/mol. The standard InChI is InChI=1S/C31H66BrP/c1-5-9-13-14-15-16-17-18-19-20-21-22-23-27-31-33(32,28-24-10-6-2,29-25-11-7-3)30-26-12-8-4/h5-31H2,1-4H3. The van der Waals surface area contributed by atoms with Crippen LogP contribution < -0.4 is 0 Å². The molecule has 0 rings (SSSR count). The van der Waals surface area contributed by atoms with Crippen LogP contribution in [-0.2, 0) is 0 Å². The maximum atomic E-state index is 4.65. The molecule has 0 aliphatic carbocycles. The Morgan fingerprint density at radius 3 is 0.758 bits per heavy atom. The molecule has 0 saturated heterocycles. The molecular weight excluding hydrogens is 483 g/mol. The van der Waals surface area contributed by atoms with E-state index in [1.54, 1.807) is 6.16 Å². The number of unbranched alkanes of at least 4 members (excludes halogenated alkanes) is 19. The van der Waals surface area contributed by atoms with Gasteiger partial charge in [-0.05, 0) is 0 Å². The normalized spacial score (nSPS) is 13.3. The van der Waals surface area contributed by atoms with E-state index in [1.165, 1.54) is 166 Å². The number of rotatable bonds is 27. The Hall–Kier alpha value is 0.910. The first-order valence-electron chi connectivity index (χ1n) is 15.8. The van der Waals surface area contributed by atoms with Crippen molar-refractivity contribution in [2.24, 2.45) is 0 Å². The summed E-state index contributed by atoms with van der Waals surface area (Å²) in [6, 6.07) is 0. The molecular formula is C31H66BrP. The quantitative estimate of drug-likeness (QED) is 0.0706. The van der Waals surface area contributed by atoms with E-state index in [2.05, 4.69) is 43.2 Å². The molecule has 0 spiro atoms. The van der Waals surface area contributed by atoms with Crippen LogP contribution in [0.3, 0.4) is 0 Å². The van der Waals surface area contributed by atoms with Crippen molar-refractivity contribution in [3.8, 4) is 0 Å². The SMILES string of the molecule is CCCCCCCCCCCCCCCCP(Br)(CCCCC)(CCCCC)CCCCC. The summed E-state index contributed by atoms with van der Waals surface area (Å²) in [6.45, 7) is 9.41. The van der Waals surface area contributed by atoms with Crippen LogP contribution in [0.5, 0.6) is 0 Å². The zero-order valence-electron chi connectivity index (χ0n) is 23.9. The van der Waals surface area contributed by atoms with Gasteiger partial charge in [0.1, 0.15) is 0 Å². The van der Waals surface area contributed by atoms with E-state index in [-0.39, 0.29) is 0 Å². The predicted octanol–water partition coefficient (Wildman–Crippen LogP) is 12.9. The van der Waals surface area contributed by atoms with Gasteiger partial charge in [-0.3, -0.25) is 0 Å². The number of hydrogen-bond donors (Lipinski definition) is 0. The van der Waals surface area contributed by atoms with Gasteiger partial charge in [0.2, 0.25) is 0 Å². The van der Waals surface area contributed by atoms with Crippen molar-refractivity contribution in [2.45, 2.75) is 175 Å². The van der Waals surface area contributed by atoms with Gasteiger partial charge in [0.15, 0.2) is 0 Å². The molecule has 0 heterocycles. The summed E-state index contributed by atoms with van der Waals surface area (Å²) in [5.74, 6) is 0. The van der Waals surface area contributed by atoms with Crippen molar-refractivity contribution >= 4 is 20.8 Å². The first kappa shape index (κ1) is 33.9. The molecule has 0 bridgehead atoms. The average molecular weight is 550 g/mol. The average Bonchev–Trinajstić information content (AvgIpc) is 2.80. The van der Waals surface area contributed by atoms with Gasteiger partial charge in [0.05, 0.1) is 0 Å². The molecule has 0 fully saturated rings. The van der Waals surface area contributed by atoms with Crippen LogP contribution in [0.4, 0.5) is 0 Å². The van der Waals surface area contributed by atoms with Crippen LogP contribution in [0, 0.1) is 0 Å². The Morgan fingerprint density at radius 1 is 0.303 bits per heavy atom. The third-order valence-electron chi connectivity index (χ3n) is 8.03. The van der Waals surface area contributed by atoms with Gasteiger partial charge in [-0.15, -0.1) is 0 Å². The summed E-state index contributed by atoms with van der Waals surface area (Å²) in [4.78, 5) is 0. The summed E-state index contributed by atoms with van der Waals surface area (Å²) >= 11 is 4.65. The van der Waals surface area contributed by atoms with Gasteiger partial charge in [-0.25, -0.2) is 0 Å². The predicted molar refractivity (Wildman–Crippen MR) is 164 cm³/mol. The Labute approximate surface area is 220 Å². The molecule has 0 aromatic heterocycles. The Bertz CT molecular complexity index is 365. The van der Waals surface area contributed by atoms with E-state index in [0.717, 1.165) is 0 Å². The summed E-state index contributed by atoms with van der Waals surface area (Å²) in [7, 11) is 0. The van der Waals surface area contributed by atoms with Gasteiger partial charge in [0, 0.05) is 0 Å². The molecule has 0 amide bonds. The summed E-state index contributed by atoms with van der Waals surface area (Å²) in [6.07, 6.45) is 39.5. The Morgan fingerprint density at radius 2 is 0.485 bits per heavy atom. The topological polar surface area (TPSA) is 0 Å². The molecule has 0 N–H and O–H groups in total. The molecule has 0 saturated carbocycles. The first-order chi connectivity index (χ1) is 16.0. The van der Waals surface area contributed by atoms with Gasteiger partial charge in [-0.2, -0.15) is 0 Å². The van der Waals surface area contributed by atoms with Crippen LogP contribution >= 0.6 is 20.8 Å². The molecule has 0 aliphatic heterocycles. The molecule has 0 aliphatic rings. The minimum absolute atomic E-state index is 1.36. The second-order valence-corrected chi connectivity index (χ2v) is 22.9. The molecule has 2 heteroatoms. The van der Waals surface area contributed by atoms with Crippen molar-refractivity contribution in [1.82, 2.24) is 0 Å². The Kier molecular flexibility index (Phi) is 24.0. The maximum absolute atomic E-state index is 4.65. The number of halogens is 1. The summed E-state index contributed by atoms with van der Waals surface area (Å²) in [5, 5.41) is -1.69. The zero-order chi connectivity index (χ0) is 24.5. The molecule has 0 unspecified atom stereocenters. The molecule has 0 atom stereocenters. The first-order valence-corrected chi connectivity index (χ1v) is 20.8. The van der Waals surface area contributed by atoms with Gasteiger partial charge < -0.3 is 0 Å². The number of hydrogen-bond acceptors (Lipinski definition) is 0. The fourth-order valence-corrected chi connectivity index (χ4v) is 14.0. The molecule has 33 heavy (non-hydrogen) atoms. The zero-order valence-corrected chi connectivity index (χ0v) is 26.4. The van der Waals surface area contributed by atoms with E-state index in [4.69, 9.17) is 0 Å². The van der Waals surface area contributed by atoms with Gasteiger partial charge in [-0.1, -0.05) is 26.2 Å². The van der Waals surface area contributed by atoms with Crippen LogP contribution in [0.25, 0.3) is 0 Å². The van der Waals surface area contributed by atoms with Crippen LogP contribution in [-0.4, -0.2) is 24.6 Å². The minimum atomic E-state index is -1.69. The summed E-state index contributed by atoms with van der Waals surface area (Å²) in [5.41, 5.74) is 0. The molecule has 0 aromatic carbocycles. The Balaban J connectivity index is 4.23. The molecule has 0 aromatic rings. The van der Waals surface area contributed by atoms with Crippen LogP contribution in [0.2, 0.25) is 0 Å². The third-order valence-corrected chi connectivity index (χ3v) is 18.0. The van der Waals surface area contributed by atoms with Gasteiger partial charge in [0.25, 0.3) is 0 Å². The second-order valence-electron chi connectivity index (χ2n) is 11.4. The van der Waals surface area contributed by atoms with E-state index in [9.17, 15) is 0 Å². The fraction of sp³-hybridized carbons (Fsp3) is 1.00. The van der Waals surface area contributed by atoms with E-state index in [0.29, 0.717) is 0 Å². The molecule has 0 radical (unpaired) electrons. The fourth-order valence-electron chi connectivity index (χ4n) is 5.64. The summed E-state index contributed by atoms with van der Waals surface area (Å²) < 4.78 is 0. The van der Waals surface area contributed by atoms with Crippen molar-refractivity contribution in [1.29, 1.82) is 0 Å². The van der Waals surface area contributed by atoms with Crippen LogP contribution in [0.15, 0.2) is 0 Å². The van der Waals surface area contributed by atoms with Crippen molar-refractivity contribution in [3.63, 3.8) is 0 Å². The van der Waals surface area contributed by atoms with E-state index >= 15 is 0 Å². The van der Waals surface area contributed by atoms with Crippen molar-refractivity contribution < 1.29 is 0 Å². The third kappa shape index (κ3) is 19.7.